The molecular formula is C13H19N5O. The summed E-state index contributed by atoms with van der Waals surface area (Å²) in [6, 6.07) is 0. The van der Waals surface area contributed by atoms with Crippen molar-refractivity contribution in [1.29, 1.82) is 0 Å². The normalized spacial score (nSPS) is 16.7. The van der Waals surface area contributed by atoms with Gasteiger partial charge in [-0.15, -0.1) is 0 Å². The Kier molecular flexibility index (Phi) is 3.48. The highest BCUT2D eigenvalue weighted by molar-refractivity contribution is 5.76. The maximum Gasteiger partial charge on any atom is 0.245 e. The molecule has 1 aliphatic carbocycles. The molecule has 1 fully saturated rings. The molecule has 102 valence electrons. The minimum Gasteiger partial charge on any atom is -0.476 e. The first kappa shape index (κ1) is 12.2. The standard InChI is InChI=1S/C13H19N5O/c1-14-13-17-11-10(15-8-16-11)12(18-13)19-7-9-5-3-2-4-6-9/h8-9H,2-7H2,1H3,(H2,14,15,16,17,18). The van der Waals surface area contributed by atoms with Gasteiger partial charge in [-0.1, -0.05) is 19.3 Å². The summed E-state index contributed by atoms with van der Waals surface area (Å²) in [6.07, 6.45) is 8.13. The van der Waals surface area contributed by atoms with Gasteiger partial charge in [0.05, 0.1) is 12.9 Å². The Morgan fingerprint density at radius 2 is 2.16 bits per heavy atom. The van der Waals surface area contributed by atoms with Crippen LogP contribution in [0.5, 0.6) is 5.88 Å². The summed E-state index contributed by atoms with van der Waals surface area (Å²) < 4.78 is 5.90. The van der Waals surface area contributed by atoms with E-state index in [0.29, 0.717) is 23.4 Å². The average Bonchev–Trinajstić information content (AvgIpc) is 2.94. The lowest BCUT2D eigenvalue weighted by atomic mass is 9.90. The highest BCUT2D eigenvalue weighted by Crippen LogP contribution is 2.26. The third kappa shape index (κ3) is 2.62. The number of H-pyrrole nitrogens is 1. The molecule has 0 aliphatic heterocycles. The number of rotatable bonds is 4. The van der Waals surface area contributed by atoms with E-state index in [2.05, 4.69) is 25.3 Å². The summed E-state index contributed by atoms with van der Waals surface area (Å²) in [5.41, 5.74) is 1.41. The first-order chi connectivity index (χ1) is 9.36. The van der Waals surface area contributed by atoms with Gasteiger partial charge in [0.2, 0.25) is 11.8 Å². The number of hydrogen-bond donors (Lipinski definition) is 2. The van der Waals surface area contributed by atoms with Crippen molar-refractivity contribution < 1.29 is 4.74 Å². The second-order valence-corrected chi connectivity index (χ2v) is 5.02. The first-order valence-electron chi connectivity index (χ1n) is 6.88. The Bertz CT molecular complexity index is 547. The van der Waals surface area contributed by atoms with Gasteiger partial charge in [-0.3, -0.25) is 0 Å². The third-order valence-electron chi connectivity index (χ3n) is 3.66. The smallest absolute Gasteiger partial charge is 0.245 e. The number of fused-ring (bicyclic) bond motifs is 1. The van der Waals surface area contributed by atoms with E-state index in [1.807, 2.05) is 0 Å². The van der Waals surface area contributed by atoms with Gasteiger partial charge in [-0.05, 0) is 18.8 Å². The molecule has 1 saturated carbocycles. The Morgan fingerprint density at radius 1 is 1.32 bits per heavy atom. The van der Waals surface area contributed by atoms with Crippen LogP contribution < -0.4 is 10.1 Å². The van der Waals surface area contributed by atoms with Crippen LogP contribution in [0.4, 0.5) is 5.95 Å². The van der Waals surface area contributed by atoms with Crippen LogP contribution in [0, 0.1) is 5.92 Å². The van der Waals surface area contributed by atoms with Crippen LogP contribution in [-0.2, 0) is 0 Å². The Balaban J connectivity index is 1.77. The SMILES string of the molecule is CNc1nc(OCC2CCCCC2)c2[nH]cnc2n1. The molecule has 0 spiro atoms. The molecule has 2 N–H and O–H groups in total. The van der Waals surface area contributed by atoms with E-state index in [4.69, 9.17) is 4.74 Å². The highest BCUT2D eigenvalue weighted by Gasteiger charge is 2.16. The van der Waals surface area contributed by atoms with E-state index in [1.54, 1.807) is 13.4 Å². The van der Waals surface area contributed by atoms with Crippen molar-refractivity contribution in [3.8, 4) is 5.88 Å². The van der Waals surface area contributed by atoms with Crippen LogP contribution in [0.2, 0.25) is 0 Å². The Morgan fingerprint density at radius 3 is 2.95 bits per heavy atom. The summed E-state index contributed by atoms with van der Waals surface area (Å²) in [5, 5.41) is 2.93. The molecule has 19 heavy (non-hydrogen) atoms. The van der Waals surface area contributed by atoms with E-state index < -0.39 is 0 Å². The first-order valence-corrected chi connectivity index (χ1v) is 6.88. The number of ether oxygens (including phenoxy) is 1. The second kappa shape index (κ2) is 5.42. The number of nitrogens with one attached hydrogen (secondary N) is 2. The van der Waals surface area contributed by atoms with Crippen LogP contribution in [0.1, 0.15) is 32.1 Å². The molecular weight excluding hydrogens is 242 g/mol. The molecule has 0 aromatic carbocycles. The van der Waals surface area contributed by atoms with E-state index in [-0.39, 0.29) is 0 Å². The van der Waals surface area contributed by atoms with Gasteiger partial charge in [0.25, 0.3) is 0 Å². The molecule has 0 radical (unpaired) electrons. The predicted molar refractivity (Wildman–Crippen MR) is 73.3 cm³/mol. The van der Waals surface area contributed by atoms with E-state index in [0.717, 1.165) is 12.1 Å². The highest BCUT2D eigenvalue weighted by atomic mass is 16.5. The largest absolute Gasteiger partial charge is 0.476 e. The quantitative estimate of drug-likeness (QED) is 0.883. The summed E-state index contributed by atoms with van der Waals surface area (Å²) in [6.45, 7) is 0.730. The molecule has 2 aromatic rings. The van der Waals surface area contributed by atoms with Gasteiger partial charge in [0, 0.05) is 7.05 Å². The van der Waals surface area contributed by atoms with Gasteiger partial charge in [-0.25, -0.2) is 4.98 Å². The number of imidazole rings is 1. The van der Waals surface area contributed by atoms with Crippen molar-refractivity contribution >= 4 is 17.1 Å². The number of aromatic nitrogens is 4. The summed E-state index contributed by atoms with van der Waals surface area (Å²) in [4.78, 5) is 15.8. The zero-order chi connectivity index (χ0) is 13.1. The van der Waals surface area contributed by atoms with Crippen LogP contribution in [0.15, 0.2) is 6.33 Å². The lowest BCUT2D eigenvalue weighted by Gasteiger charge is -2.21. The lowest BCUT2D eigenvalue weighted by molar-refractivity contribution is 0.205. The Labute approximate surface area is 112 Å². The summed E-state index contributed by atoms with van der Waals surface area (Å²) in [5.74, 6) is 1.79. The monoisotopic (exact) mass is 261 g/mol. The van der Waals surface area contributed by atoms with Crippen molar-refractivity contribution in [1.82, 2.24) is 19.9 Å². The van der Waals surface area contributed by atoms with Crippen molar-refractivity contribution in [2.24, 2.45) is 5.92 Å². The van der Waals surface area contributed by atoms with Crippen LogP contribution in [0.25, 0.3) is 11.2 Å². The van der Waals surface area contributed by atoms with Crippen molar-refractivity contribution in [2.45, 2.75) is 32.1 Å². The molecule has 3 rings (SSSR count). The van der Waals surface area contributed by atoms with Crippen molar-refractivity contribution in [3.63, 3.8) is 0 Å². The van der Waals surface area contributed by atoms with Gasteiger partial charge < -0.3 is 15.0 Å². The van der Waals surface area contributed by atoms with Gasteiger partial charge in [0.1, 0.15) is 5.52 Å². The van der Waals surface area contributed by atoms with E-state index in [1.165, 1.54) is 32.1 Å². The van der Waals surface area contributed by atoms with E-state index >= 15 is 0 Å². The fourth-order valence-electron chi connectivity index (χ4n) is 2.57. The number of nitrogens with zero attached hydrogens (tertiary/aromatic N) is 3. The zero-order valence-electron chi connectivity index (χ0n) is 11.1. The second-order valence-electron chi connectivity index (χ2n) is 5.02. The number of anilines is 1. The molecule has 0 saturated heterocycles. The van der Waals surface area contributed by atoms with Crippen LogP contribution in [0.3, 0.4) is 0 Å². The number of hydrogen-bond acceptors (Lipinski definition) is 5. The van der Waals surface area contributed by atoms with Gasteiger partial charge in [0.15, 0.2) is 5.65 Å². The van der Waals surface area contributed by atoms with Crippen LogP contribution >= 0.6 is 0 Å². The maximum atomic E-state index is 5.90. The lowest BCUT2D eigenvalue weighted by Crippen LogP contribution is -2.16. The molecule has 0 bridgehead atoms. The molecule has 6 heteroatoms. The molecule has 0 atom stereocenters. The predicted octanol–water partition coefficient (Wildman–Crippen LogP) is 2.35. The minimum absolute atomic E-state index is 0.540. The molecule has 6 nitrogen and oxygen atoms in total. The maximum absolute atomic E-state index is 5.90. The van der Waals surface area contributed by atoms with Crippen molar-refractivity contribution in [2.75, 3.05) is 19.0 Å². The number of aromatic amines is 1. The Hall–Kier alpha value is -1.85. The average molecular weight is 261 g/mol. The zero-order valence-corrected chi connectivity index (χ0v) is 11.1. The summed E-state index contributed by atoms with van der Waals surface area (Å²) in [7, 11) is 1.79. The van der Waals surface area contributed by atoms with Crippen LogP contribution in [-0.4, -0.2) is 33.6 Å². The molecule has 1 aliphatic rings. The van der Waals surface area contributed by atoms with Gasteiger partial charge >= 0.3 is 0 Å². The van der Waals surface area contributed by atoms with E-state index in [9.17, 15) is 0 Å². The van der Waals surface area contributed by atoms with Crippen molar-refractivity contribution in [3.05, 3.63) is 6.33 Å². The fourth-order valence-corrected chi connectivity index (χ4v) is 2.57. The molecule has 0 unspecified atom stereocenters. The fraction of sp³-hybridized carbons (Fsp3) is 0.615. The topological polar surface area (TPSA) is 75.7 Å². The molecule has 2 aromatic heterocycles. The third-order valence-corrected chi connectivity index (χ3v) is 3.66. The minimum atomic E-state index is 0.540. The summed E-state index contributed by atoms with van der Waals surface area (Å²) >= 11 is 0. The molecule has 2 heterocycles. The molecule has 0 amide bonds. The van der Waals surface area contributed by atoms with Gasteiger partial charge in [-0.2, -0.15) is 9.97 Å².